The molecule has 134 valence electrons. The average molecular weight is 361 g/mol. The predicted molar refractivity (Wildman–Crippen MR) is 97.1 cm³/mol. The number of carbonyl (C=O) groups excluding carboxylic acids is 1. The van der Waals surface area contributed by atoms with Crippen LogP contribution in [0.2, 0.25) is 0 Å². The number of sulfonamides is 1. The lowest BCUT2D eigenvalue weighted by Crippen LogP contribution is -2.27. The highest BCUT2D eigenvalue weighted by molar-refractivity contribution is 7.89. The van der Waals surface area contributed by atoms with E-state index in [1.165, 1.54) is 26.2 Å². The molecule has 0 aliphatic heterocycles. The van der Waals surface area contributed by atoms with Gasteiger partial charge in [-0.3, -0.25) is 4.79 Å². The summed E-state index contributed by atoms with van der Waals surface area (Å²) in [6, 6.07) is 15.5. The van der Waals surface area contributed by atoms with E-state index in [-0.39, 0.29) is 23.3 Å². The SMILES string of the molecule is CN(C)S(=O)(=O)c1ccc(CNC(=O)CC(N)c2ccccc2)cc1. The van der Waals surface area contributed by atoms with Crippen LogP contribution in [0.15, 0.2) is 59.5 Å². The maximum atomic E-state index is 12.0. The number of amides is 1. The fourth-order valence-corrected chi connectivity index (χ4v) is 3.18. The van der Waals surface area contributed by atoms with Crippen molar-refractivity contribution in [3.8, 4) is 0 Å². The second-order valence-corrected chi connectivity index (χ2v) is 8.08. The summed E-state index contributed by atoms with van der Waals surface area (Å²) in [5.74, 6) is -0.152. The summed E-state index contributed by atoms with van der Waals surface area (Å²) in [5.41, 5.74) is 7.76. The van der Waals surface area contributed by atoms with Gasteiger partial charge in [0.05, 0.1) is 4.90 Å². The molecule has 2 aromatic carbocycles. The van der Waals surface area contributed by atoms with Crippen LogP contribution < -0.4 is 11.1 Å². The van der Waals surface area contributed by atoms with Gasteiger partial charge in [-0.25, -0.2) is 12.7 Å². The van der Waals surface area contributed by atoms with Crippen molar-refractivity contribution in [3.63, 3.8) is 0 Å². The number of benzene rings is 2. The smallest absolute Gasteiger partial charge is 0.242 e. The molecule has 0 heterocycles. The molecule has 0 saturated heterocycles. The van der Waals surface area contributed by atoms with Gasteiger partial charge in [0.15, 0.2) is 0 Å². The molecular weight excluding hydrogens is 338 g/mol. The number of nitrogens with one attached hydrogen (secondary N) is 1. The normalized spacial score (nSPS) is 12.8. The van der Waals surface area contributed by atoms with Crippen LogP contribution in [-0.2, 0) is 21.4 Å². The first kappa shape index (κ1) is 19.1. The number of rotatable bonds is 7. The van der Waals surface area contributed by atoms with Gasteiger partial charge in [0.2, 0.25) is 15.9 Å². The van der Waals surface area contributed by atoms with E-state index in [9.17, 15) is 13.2 Å². The molecule has 0 bridgehead atoms. The van der Waals surface area contributed by atoms with Crippen LogP contribution in [0.3, 0.4) is 0 Å². The van der Waals surface area contributed by atoms with Crippen molar-refractivity contribution in [1.29, 1.82) is 0 Å². The third-order valence-electron chi connectivity index (χ3n) is 3.82. The molecule has 1 unspecified atom stereocenters. The lowest BCUT2D eigenvalue weighted by atomic mass is 10.0. The van der Waals surface area contributed by atoms with E-state index in [2.05, 4.69) is 5.32 Å². The Balaban J connectivity index is 1.90. The maximum Gasteiger partial charge on any atom is 0.242 e. The molecule has 25 heavy (non-hydrogen) atoms. The van der Waals surface area contributed by atoms with Crippen LogP contribution in [0.5, 0.6) is 0 Å². The lowest BCUT2D eigenvalue weighted by molar-refractivity contribution is -0.121. The highest BCUT2D eigenvalue weighted by Crippen LogP contribution is 2.15. The molecule has 0 radical (unpaired) electrons. The highest BCUT2D eigenvalue weighted by atomic mass is 32.2. The fraction of sp³-hybridized carbons (Fsp3) is 0.278. The summed E-state index contributed by atoms with van der Waals surface area (Å²) in [6.45, 7) is 0.322. The van der Waals surface area contributed by atoms with Crippen LogP contribution in [0.25, 0.3) is 0 Å². The van der Waals surface area contributed by atoms with Crippen LogP contribution in [-0.4, -0.2) is 32.7 Å². The monoisotopic (exact) mass is 361 g/mol. The van der Waals surface area contributed by atoms with Gasteiger partial charge in [0.25, 0.3) is 0 Å². The Hall–Kier alpha value is -2.22. The number of nitrogens with zero attached hydrogens (tertiary/aromatic N) is 1. The van der Waals surface area contributed by atoms with Crippen molar-refractivity contribution in [2.45, 2.75) is 23.9 Å². The summed E-state index contributed by atoms with van der Waals surface area (Å²) in [7, 11) is -0.471. The van der Waals surface area contributed by atoms with Crippen molar-refractivity contribution >= 4 is 15.9 Å². The Kier molecular flexibility index (Phi) is 6.30. The Morgan fingerprint density at radius 3 is 2.24 bits per heavy atom. The average Bonchev–Trinajstić information content (AvgIpc) is 2.61. The Morgan fingerprint density at radius 2 is 1.68 bits per heavy atom. The van der Waals surface area contributed by atoms with E-state index in [0.29, 0.717) is 6.54 Å². The molecule has 0 aromatic heterocycles. The largest absolute Gasteiger partial charge is 0.352 e. The first-order valence-electron chi connectivity index (χ1n) is 7.89. The summed E-state index contributed by atoms with van der Waals surface area (Å²) < 4.78 is 25.2. The summed E-state index contributed by atoms with van der Waals surface area (Å²) in [6.07, 6.45) is 0.192. The van der Waals surface area contributed by atoms with Gasteiger partial charge >= 0.3 is 0 Å². The van der Waals surface area contributed by atoms with E-state index < -0.39 is 10.0 Å². The Bertz CT molecular complexity index is 803. The lowest BCUT2D eigenvalue weighted by Gasteiger charge is -2.13. The topological polar surface area (TPSA) is 92.5 Å². The van der Waals surface area contributed by atoms with Crippen molar-refractivity contribution in [1.82, 2.24) is 9.62 Å². The van der Waals surface area contributed by atoms with Gasteiger partial charge in [0.1, 0.15) is 0 Å². The number of nitrogens with two attached hydrogens (primary N) is 1. The van der Waals surface area contributed by atoms with E-state index >= 15 is 0 Å². The molecule has 0 aliphatic rings. The molecule has 0 spiro atoms. The minimum Gasteiger partial charge on any atom is -0.352 e. The van der Waals surface area contributed by atoms with E-state index in [4.69, 9.17) is 5.73 Å². The Morgan fingerprint density at radius 1 is 1.08 bits per heavy atom. The van der Waals surface area contributed by atoms with Gasteiger partial charge in [0, 0.05) is 33.1 Å². The fourth-order valence-electron chi connectivity index (χ4n) is 2.28. The van der Waals surface area contributed by atoms with E-state index in [1.807, 2.05) is 30.3 Å². The van der Waals surface area contributed by atoms with Crippen LogP contribution in [0.4, 0.5) is 0 Å². The van der Waals surface area contributed by atoms with Gasteiger partial charge in [-0.05, 0) is 23.3 Å². The molecule has 0 fully saturated rings. The third kappa shape index (κ3) is 5.12. The molecule has 7 heteroatoms. The van der Waals surface area contributed by atoms with Crippen molar-refractivity contribution < 1.29 is 13.2 Å². The molecule has 2 rings (SSSR count). The molecule has 0 saturated carbocycles. The predicted octanol–water partition coefficient (Wildman–Crippen LogP) is 1.64. The minimum absolute atomic E-state index is 0.152. The third-order valence-corrected chi connectivity index (χ3v) is 5.65. The molecular formula is C18H23N3O3S. The zero-order valence-electron chi connectivity index (χ0n) is 14.3. The van der Waals surface area contributed by atoms with E-state index in [1.54, 1.807) is 12.1 Å². The maximum absolute atomic E-state index is 12.0. The molecule has 1 atom stereocenters. The summed E-state index contributed by atoms with van der Waals surface area (Å²) >= 11 is 0. The first-order valence-corrected chi connectivity index (χ1v) is 9.33. The number of carbonyl (C=O) groups is 1. The molecule has 0 aliphatic carbocycles. The first-order chi connectivity index (χ1) is 11.8. The second-order valence-electron chi connectivity index (χ2n) is 5.93. The van der Waals surface area contributed by atoms with Gasteiger partial charge < -0.3 is 11.1 Å². The second kappa shape index (κ2) is 8.24. The minimum atomic E-state index is -3.44. The highest BCUT2D eigenvalue weighted by Gasteiger charge is 2.16. The van der Waals surface area contributed by atoms with Crippen molar-refractivity contribution in [3.05, 3.63) is 65.7 Å². The van der Waals surface area contributed by atoms with E-state index in [0.717, 1.165) is 15.4 Å². The Labute approximate surface area is 148 Å². The molecule has 2 aromatic rings. The summed E-state index contributed by atoms with van der Waals surface area (Å²) in [4.78, 5) is 12.2. The van der Waals surface area contributed by atoms with Crippen molar-refractivity contribution in [2.24, 2.45) is 5.73 Å². The van der Waals surface area contributed by atoms with Crippen molar-refractivity contribution in [2.75, 3.05) is 14.1 Å². The molecule has 3 N–H and O–H groups in total. The van der Waals surface area contributed by atoms with Crippen LogP contribution in [0, 0.1) is 0 Å². The molecule has 1 amide bonds. The molecule has 6 nitrogen and oxygen atoms in total. The van der Waals surface area contributed by atoms with Gasteiger partial charge in [-0.15, -0.1) is 0 Å². The quantitative estimate of drug-likeness (QED) is 0.784. The number of hydrogen-bond donors (Lipinski definition) is 2. The van der Waals surface area contributed by atoms with Gasteiger partial charge in [-0.2, -0.15) is 0 Å². The van der Waals surface area contributed by atoms with Crippen LogP contribution in [0.1, 0.15) is 23.6 Å². The standard InChI is InChI=1S/C18H23N3O3S/c1-21(2)25(23,24)16-10-8-14(9-11-16)13-20-18(22)12-17(19)15-6-4-3-5-7-15/h3-11,17H,12-13,19H2,1-2H3,(H,20,22). The van der Waals surface area contributed by atoms with Crippen LogP contribution >= 0.6 is 0 Å². The van der Waals surface area contributed by atoms with Gasteiger partial charge in [-0.1, -0.05) is 42.5 Å². The number of hydrogen-bond acceptors (Lipinski definition) is 4. The zero-order chi connectivity index (χ0) is 18.4. The summed E-state index contributed by atoms with van der Waals surface area (Å²) in [5, 5.41) is 2.80. The zero-order valence-corrected chi connectivity index (χ0v) is 15.2.